The summed E-state index contributed by atoms with van der Waals surface area (Å²) in [5, 5.41) is 17.8. The van der Waals surface area contributed by atoms with Crippen LogP contribution >= 0.6 is 0 Å². The molecule has 0 aromatic heterocycles. The maximum Gasteiger partial charge on any atom is 0.0972 e. The van der Waals surface area contributed by atoms with Crippen LogP contribution in [0.3, 0.4) is 0 Å². The van der Waals surface area contributed by atoms with Crippen LogP contribution in [0.25, 0.3) is 0 Å². The monoisotopic (exact) mass is 144 g/mol. The lowest BCUT2D eigenvalue weighted by molar-refractivity contribution is -0.0229. The predicted octanol–water partition coefficient (Wildman–Crippen LogP) is -0.339. The van der Waals surface area contributed by atoms with Gasteiger partial charge in [0.2, 0.25) is 0 Å². The predicted molar refractivity (Wildman–Crippen MR) is 34.5 cm³/mol. The highest BCUT2D eigenvalue weighted by Crippen LogP contribution is 2.49. The molecule has 0 aromatic carbocycles. The first-order chi connectivity index (χ1) is 4.77. The van der Waals surface area contributed by atoms with Crippen molar-refractivity contribution in [3.8, 4) is 0 Å². The summed E-state index contributed by atoms with van der Waals surface area (Å²) in [5.74, 6) is 0. The van der Waals surface area contributed by atoms with Gasteiger partial charge in [0.1, 0.15) is 0 Å². The summed E-state index contributed by atoms with van der Waals surface area (Å²) in [6, 6.07) is 0. The summed E-state index contributed by atoms with van der Waals surface area (Å²) < 4.78 is 5.42. The third-order valence-electron chi connectivity index (χ3n) is 2.48. The van der Waals surface area contributed by atoms with Crippen molar-refractivity contribution < 1.29 is 14.9 Å². The Labute approximate surface area is 59.6 Å². The first-order valence-corrected chi connectivity index (χ1v) is 3.73. The molecule has 2 fully saturated rings. The molecule has 1 heterocycles. The molecule has 0 radical (unpaired) electrons. The molecule has 0 aromatic rings. The molecule has 3 atom stereocenters. The van der Waals surface area contributed by atoms with Gasteiger partial charge in [-0.25, -0.2) is 0 Å². The SMILES string of the molecule is OC[C@H]1CC[C@]2(CC2O)O1. The Balaban J connectivity index is 1.95. The number of aliphatic hydroxyl groups is 2. The van der Waals surface area contributed by atoms with Gasteiger partial charge in [-0.15, -0.1) is 0 Å². The molecule has 58 valence electrons. The van der Waals surface area contributed by atoms with E-state index in [0.29, 0.717) is 0 Å². The van der Waals surface area contributed by atoms with Crippen molar-refractivity contribution in [2.75, 3.05) is 6.61 Å². The van der Waals surface area contributed by atoms with E-state index in [1.807, 2.05) is 0 Å². The second kappa shape index (κ2) is 1.94. The van der Waals surface area contributed by atoms with Crippen molar-refractivity contribution in [3.05, 3.63) is 0 Å². The molecular weight excluding hydrogens is 132 g/mol. The molecule has 2 rings (SSSR count). The molecule has 2 aliphatic rings. The number of hydrogen-bond donors (Lipinski definition) is 2. The second-order valence-electron chi connectivity index (χ2n) is 3.25. The van der Waals surface area contributed by atoms with Gasteiger partial charge in [-0.3, -0.25) is 0 Å². The molecular formula is C7H12O3. The fraction of sp³-hybridized carbons (Fsp3) is 1.00. The van der Waals surface area contributed by atoms with E-state index >= 15 is 0 Å². The third kappa shape index (κ3) is 0.779. The molecule has 10 heavy (non-hydrogen) atoms. The van der Waals surface area contributed by atoms with E-state index < -0.39 is 0 Å². The fourth-order valence-corrected chi connectivity index (χ4v) is 1.65. The van der Waals surface area contributed by atoms with Gasteiger partial charge in [-0.1, -0.05) is 0 Å². The highest BCUT2D eigenvalue weighted by atomic mass is 16.5. The lowest BCUT2D eigenvalue weighted by Crippen LogP contribution is -2.18. The fourth-order valence-electron chi connectivity index (χ4n) is 1.65. The quantitative estimate of drug-likeness (QED) is 0.529. The largest absolute Gasteiger partial charge is 0.394 e. The van der Waals surface area contributed by atoms with Crippen LogP contribution in [0.2, 0.25) is 0 Å². The Morgan fingerprint density at radius 1 is 1.60 bits per heavy atom. The maximum absolute atomic E-state index is 9.12. The minimum atomic E-state index is -0.260. The summed E-state index contributed by atoms with van der Waals surface area (Å²) in [4.78, 5) is 0. The first-order valence-electron chi connectivity index (χ1n) is 3.73. The molecule has 2 N–H and O–H groups in total. The van der Waals surface area contributed by atoms with E-state index in [1.54, 1.807) is 0 Å². The first kappa shape index (κ1) is 6.58. The van der Waals surface area contributed by atoms with Gasteiger partial charge < -0.3 is 14.9 Å². The Kier molecular flexibility index (Phi) is 1.27. The Hall–Kier alpha value is -0.120. The van der Waals surface area contributed by atoms with Crippen molar-refractivity contribution in [3.63, 3.8) is 0 Å². The highest BCUT2D eigenvalue weighted by molar-refractivity contribution is 5.09. The van der Waals surface area contributed by atoms with E-state index in [4.69, 9.17) is 14.9 Å². The Morgan fingerprint density at radius 2 is 2.30 bits per heavy atom. The van der Waals surface area contributed by atoms with Crippen LogP contribution in [-0.4, -0.2) is 34.6 Å². The van der Waals surface area contributed by atoms with Crippen LogP contribution in [0.15, 0.2) is 0 Å². The maximum atomic E-state index is 9.12. The average Bonchev–Trinajstić information content (AvgIpc) is 2.43. The van der Waals surface area contributed by atoms with Crippen molar-refractivity contribution >= 4 is 0 Å². The molecule has 1 aliphatic heterocycles. The zero-order valence-electron chi connectivity index (χ0n) is 5.79. The summed E-state index contributed by atoms with van der Waals surface area (Å²) >= 11 is 0. The number of aliphatic hydroxyl groups excluding tert-OH is 2. The minimum absolute atomic E-state index is 0.0165. The molecule has 1 saturated carbocycles. The third-order valence-corrected chi connectivity index (χ3v) is 2.48. The van der Waals surface area contributed by atoms with E-state index in [-0.39, 0.29) is 24.4 Å². The molecule has 0 amide bonds. The summed E-state index contributed by atoms with van der Waals surface area (Å²) in [6.07, 6.45) is 2.30. The molecule has 3 nitrogen and oxygen atoms in total. The van der Waals surface area contributed by atoms with Gasteiger partial charge >= 0.3 is 0 Å². The van der Waals surface area contributed by atoms with Gasteiger partial charge in [0, 0.05) is 6.42 Å². The lowest BCUT2D eigenvalue weighted by Gasteiger charge is -2.08. The van der Waals surface area contributed by atoms with Crippen LogP contribution in [0.5, 0.6) is 0 Å². The molecule has 1 aliphatic carbocycles. The van der Waals surface area contributed by atoms with Crippen molar-refractivity contribution in [2.45, 2.75) is 37.1 Å². The zero-order valence-corrected chi connectivity index (χ0v) is 5.79. The van der Waals surface area contributed by atoms with Crippen molar-refractivity contribution in [1.82, 2.24) is 0 Å². The highest BCUT2D eigenvalue weighted by Gasteiger charge is 2.58. The zero-order chi connectivity index (χ0) is 7.19. The molecule has 3 heteroatoms. The Bertz CT molecular complexity index is 148. The average molecular weight is 144 g/mol. The van der Waals surface area contributed by atoms with Crippen LogP contribution in [0, 0.1) is 0 Å². The van der Waals surface area contributed by atoms with Gasteiger partial charge in [0.25, 0.3) is 0 Å². The number of ether oxygens (including phenoxy) is 1. The van der Waals surface area contributed by atoms with E-state index in [2.05, 4.69) is 0 Å². The van der Waals surface area contributed by atoms with Crippen molar-refractivity contribution in [2.24, 2.45) is 0 Å². The number of hydrogen-bond acceptors (Lipinski definition) is 3. The van der Waals surface area contributed by atoms with Crippen LogP contribution in [-0.2, 0) is 4.74 Å². The molecule has 1 unspecified atom stereocenters. The minimum Gasteiger partial charge on any atom is -0.394 e. The van der Waals surface area contributed by atoms with Crippen LogP contribution in [0.1, 0.15) is 19.3 Å². The normalized spacial score (nSPS) is 52.2. The van der Waals surface area contributed by atoms with E-state index in [0.717, 1.165) is 19.3 Å². The van der Waals surface area contributed by atoms with Gasteiger partial charge in [-0.05, 0) is 12.8 Å². The molecule has 0 bridgehead atoms. The molecule has 1 spiro atoms. The standard InChI is InChI=1S/C7H12O3/c8-4-5-1-2-7(10-5)3-6(7)9/h5-6,8-9H,1-4H2/t5-,6?,7-/m1/s1. The summed E-state index contributed by atoms with van der Waals surface area (Å²) in [6.45, 7) is 0.0917. The van der Waals surface area contributed by atoms with Gasteiger partial charge in [0.15, 0.2) is 0 Å². The Morgan fingerprint density at radius 3 is 2.60 bits per heavy atom. The summed E-state index contributed by atoms with van der Waals surface area (Å²) in [5.41, 5.74) is -0.229. The van der Waals surface area contributed by atoms with Crippen LogP contribution < -0.4 is 0 Å². The second-order valence-corrected chi connectivity index (χ2v) is 3.25. The number of rotatable bonds is 1. The lowest BCUT2D eigenvalue weighted by atomic mass is 10.2. The van der Waals surface area contributed by atoms with E-state index in [1.165, 1.54) is 0 Å². The summed E-state index contributed by atoms with van der Waals surface area (Å²) in [7, 11) is 0. The van der Waals surface area contributed by atoms with Gasteiger partial charge in [-0.2, -0.15) is 0 Å². The van der Waals surface area contributed by atoms with E-state index in [9.17, 15) is 0 Å². The van der Waals surface area contributed by atoms with Crippen molar-refractivity contribution in [1.29, 1.82) is 0 Å². The topological polar surface area (TPSA) is 49.7 Å². The smallest absolute Gasteiger partial charge is 0.0972 e. The van der Waals surface area contributed by atoms with Crippen LogP contribution in [0.4, 0.5) is 0 Å². The molecule has 1 saturated heterocycles. The van der Waals surface area contributed by atoms with Gasteiger partial charge in [0.05, 0.1) is 24.4 Å².